The van der Waals surface area contributed by atoms with Crippen molar-refractivity contribution >= 4 is 37.3 Å². The third kappa shape index (κ3) is 4.07. The average Bonchev–Trinajstić information content (AvgIpc) is 2.91. The number of nitriles is 1. The zero-order chi connectivity index (χ0) is 18.7. The van der Waals surface area contributed by atoms with E-state index in [1.807, 2.05) is 30.3 Å². The van der Waals surface area contributed by atoms with E-state index >= 15 is 0 Å². The highest BCUT2D eigenvalue weighted by Gasteiger charge is 2.17. The van der Waals surface area contributed by atoms with Gasteiger partial charge in [0.15, 0.2) is 14.6 Å². The summed E-state index contributed by atoms with van der Waals surface area (Å²) in [7, 11) is -1.86. The van der Waals surface area contributed by atoms with E-state index in [0.717, 1.165) is 10.2 Å². The fourth-order valence-corrected chi connectivity index (χ4v) is 4.77. The van der Waals surface area contributed by atoms with Crippen molar-refractivity contribution in [1.29, 1.82) is 5.26 Å². The third-order valence-electron chi connectivity index (χ3n) is 3.75. The maximum Gasteiger partial charge on any atom is 0.263 e. The second kappa shape index (κ2) is 7.23. The minimum atomic E-state index is -3.65. The lowest BCUT2D eigenvalue weighted by atomic mass is 10.2. The Labute approximate surface area is 154 Å². The maximum absolute atomic E-state index is 12.3. The Hall–Kier alpha value is -2.76. The van der Waals surface area contributed by atoms with Gasteiger partial charge in [-0.25, -0.2) is 8.42 Å². The van der Waals surface area contributed by atoms with Gasteiger partial charge >= 0.3 is 0 Å². The summed E-state index contributed by atoms with van der Waals surface area (Å²) in [6.07, 6.45) is 0. The van der Waals surface area contributed by atoms with Crippen molar-refractivity contribution in [2.45, 2.75) is 5.75 Å². The Morgan fingerprint density at radius 1 is 1.19 bits per heavy atom. The van der Waals surface area contributed by atoms with E-state index in [2.05, 4.69) is 4.99 Å². The van der Waals surface area contributed by atoms with Crippen LogP contribution in [0.5, 0.6) is 0 Å². The maximum atomic E-state index is 12.3. The number of carbonyl (C=O) groups excluding carboxylic acids is 1. The number of hydrogen-bond acceptors (Lipinski definition) is 5. The van der Waals surface area contributed by atoms with Crippen molar-refractivity contribution in [3.8, 4) is 6.07 Å². The van der Waals surface area contributed by atoms with Crippen molar-refractivity contribution in [2.75, 3.05) is 5.75 Å². The number of carbonyl (C=O) groups is 1. The number of aryl methyl sites for hydroxylation is 1. The van der Waals surface area contributed by atoms with Gasteiger partial charge in [0.05, 0.1) is 27.6 Å². The Balaban J connectivity index is 1.79. The van der Waals surface area contributed by atoms with E-state index in [1.165, 1.54) is 11.3 Å². The first-order valence-electron chi connectivity index (χ1n) is 7.69. The van der Waals surface area contributed by atoms with Gasteiger partial charge in [0, 0.05) is 7.05 Å². The number of para-hydroxylation sites is 1. The number of amides is 1. The van der Waals surface area contributed by atoms with E-state index in [9.17, 15) is 13.2 Å². The van der Waals surface area contributed by atoms with Crippen LogP contribution in [0.4, 0.5) is 0 Å². The Morgan fingerprint density at radius 3 is 2.54 bits per heavy atom. The van der Waals surface area contributed by atoms with Gasteiger partial charge in [-0.15, -0.1) is 0 Å². The summed E-state index contributed by atoms with van der Waals surface area (Å²) in [5.41, 5.74) is 1.92. The first-order chi connectivity index (χ1) is 12.4. The molecule has 3 aromatic rings. The molecule has 0 aliphatic rings. The van der Waals surface area contributed by atoms with Crippen LogP contribution < -0.4 is 4.80 Å². The van der Waals surface area contributed by atoms with Crippen molar-refractivity contribution in [3.63, 3.8) is 0 Å². The monoisotopic (exact) mass is 385 g/mol. The predicted octanol–water partition coefficient (Wildman–Crippen LogP) is 2.15. The standard InChI is InChI=1S/C18H15N3O3S2/c1-21-15-4-2-3-5-16(15)25-18(21)20-17(22)12-26(23,24)11-14-8-6-13(10-19)7-9-14/h2-9H,11-12H2,1H3. The molecule has 0 atom stereocenters. The van der Waals surface area contributed by atoms with Gasteiger partial charge in [0.25, 0.3) is 5.91 Å². The molecular formula is C18H15N3O3S2. The molecule has 0 saturated carbocycles. The quantitative estimate of drug-likeness (QED) is 0.688. The third-order valence-corrected chi connectivity index (χ3v) is 6.32. The number of rotatable bonds is 4. The molecule has 0 aliphatic heterocycles. The molecule has 0 aliphatic carbocycles. The van der Waals surface area contributed by atoms with Gasteiger partial charge in [0.2, 0.25) is 0 Å². The summed E-state index contributed by atoms with van der Waals surface area (Å²) in [5.74, 6) is -1.61. The number of hydrogen-bond donors (Lipinski definition) is 0. The van der Waals surface area contributed by atoms with E-state index in [0.29, 0.717) is 15.9 Å². The van der Waals surface area contributed by atoms with Crippen LogP contribution in [-0.2, 0) is 27.4 Å². The number of nitrogens with zero attached hydrogens (tertiary/aromatic N) is 3. The molecule has 0 unspecified atom stereocenters. The summed E-state index contributed by atoms with van der Waals surface area (Å²) < 4.78 is 27.3. The zero-order valence-electron chi connectivity index (χ0n) is 13.9. The molecule has 1 heterocycles. The van der Waals surface area contributed by atoms with E-state index in [-0.39, 0.29) is 5.75 Å². The summed E-state index contributed by atoms with van der Waals surface area (Å²) in [6, 6.07) is 15.8. The van der Waals surface area contributed by atoms with E-state index in [4.69, 9.17) is 5.26 Å². The average molecular weight is 385 g/mol. The molecule has 0 radical (unpaired) electrons. The van der Waals surface area contributed by atoms with Crippen LogP contribution in [0.2, 0.25) is 0 Å². The molecule has 132 valence electrons. The van der Waals surface area contributed by atoms with Gasteiger partial charge in [-0.2, -0.15) is 10.3 Å². The van der Waals surface area contributed by atoms with Gasteiger partial charge in [-0.05, 0) is 29.8 Å². The van der Waals surface area contributed by atoms with Gasteiger partial charge in [-0.1, -0.05) is 35.6 Å². The molecule has 1 aromatic heterocycles. The number of benzene rings is 2. The smallest absolute Gasteiger partial charge is 0.263 e. The highest BCUT2D eigenvalue weighted by molar-refractivity contribution is 7.91. The lowest BCUT2D eigenvalue weighted by molar-refractivity contribution is -0.115. The summed E-state index contributed by atoms with van der Waals surface area (Å²) in [6.45, 7) is 0. The molecule has 2 aromatic carbocycles. The summed E-state index contributed by atoms with van der Waals surface area (Å²) in [4.78, 5) is 16.6. The minimum absolute atomic E-state index is 0.265. The lowest BCUT2D eigenvalue weighted by Gasteiger charge is -2.02. The second-order valence-electron chi connectivity index (χ2n) is 5.76. The Morgan fingerprint density at radius 2 is 1.88 bits per heavy atom. The SMILES string of the molecule is Cn1c(=NC(=O)CS(=O)(=O)Cc2ccc(C#N)cc2)sc2ccccc21. The van der Waals surface area contributed by atoms with Gasteiger partial charge in [0.1, 0.15) is 5.75 Å². The highest BCUT2D eigenvalue weighted by Crippen LogP contribution is 2.15. The molecule has 0 saturated heterocycles. The van der Waals surface area contributed by atoms with Crippen LogP contribution in [-0.4, -0.2) is 24.6 Å². The molecule has 0 bridgehead atoms. The second-order valence-corrected chi connectivity index (χ2v) is 8.83. The highest BCUT2D eigenvalue weighted by atomic mass is 32.2. The molecular weight excluding hydrogens is 370 g/mol. The van der Waals surface area contributed by atoms with E-state index in [1.54, 1.807) is 35.9 Å². The molecule has 0 N–H and O–H groups in total. The van der Waals surface area contributed by atoms with Crippen molar-refractivity contribution in [2.24, 2.45) is 12.0 Å². The molecule has 0 spiro atoms. The number of fused-ring (bicyclic) bond motifs is 1. The zero-order valence-corrected chi connectivity index (χ0v) is 15.5. The normalized spacial score (nSPS) is 12.2. The predicted molar refractivity (Wildman–Crippen MR) is 100 cm³/mol. The summed E-state index contributed by atoms with van der Waals surface area (Å²) in [5, 5.41) is 8.77. The number of thiazole rings is 1. The molecule has 8 heteroatoms. The lowest BCUT2D eigenvalue weighted by Crippen LogP contribution is -2.20. The van der Waals surface area contributed by atoms with Crippen molar-refractivity contribution < 1.29 is 13.2 Å². The molecule has 0 fully saturated rings. The molecule has 3 rings (SSSR count). The van der Waals surface area contributed by atoms with Crippen LogP contribution in [0.25, 0.3) is 10.2 Å². The first-order valence-corrected chi connectivity index (χ1v) is 10.3. The van der Waals surface area contributed by atoms with E-state index < -0.39 is 21.5 Å². The minimum Gasteiger partial charge on any atom is -0.319 e. The van der Waals surface area contributed by atoms with Gasteiger partial charge < -0.3 is 4.57 Å². The van der Waals surface area contributed by atoms with Crippen molar-refractivity contribution in [3.05, 3.63) is 64.5 Å². The molecule has 6 nitrogen and oxygen atoms in total. The van der Waals surface area contributed by atoms with Crippen LogP contribution in [0.15, 0.2) is 53.5 Å². The largest absolute Gasteiger partial charge is 0.319 e. The number of aromatic nitrogens is 1. The number of sulfone groups is 1. The van der Waals surface area contributed by atoms with Crippen LogP contribution in [0.1, 0.15) is 11.1 Å². The Bertz CT molecular complexity index is 1180. The van der Waals surface area contributed by atoms with Crippen LogP contribution in [0, 0.1) is 11.3 Å². The first kappa shape index (κ1) is 18.0. The van der Waals surface area contributed by atoms with Crippen LogP contribution in [0.3, 0.4) is 0 Å². The molecule has 26 heavy (non-hydrogen) atoms. The summed E-state index contributed by atoms with van der Waals surface area (Å²) >= 11 is 1.34. The molecule has 1 amide bonds. The topological polar surface area (TPSA) is 92.3 Å². The van der Waals surface area contributed by atoms with Crippen molar-refractivity contribution in [1.82, 2.24) is 4.57 Å². The fourth-order valence-electron chi connectivity index (χ4n) is 2.50. The fraction of sp³-hybridized carbons (Fsp3) is 0.167. The van der Waals surface area contributed by atoms with Gasteiger partial charge in [-0.3, -0.25) is 4.79 Å². The van der Waals surface area contributed by atoms with Crippen LogP contribution >= 0.6 is 11.3 Å². The Kier molecular flexibility index (Phi) is 5.02.